The van der Waals surface area contributed by atoms with Crippen LogP contribution in [0.15, 0.2) is 0 Å². The van der Waals surface area contributed by atoms with Crippen LogP contribution in [-0.4, -0.2) is 27.3 Å². The molecule has 30 valence electrons. The molecule has 0 amide bonds. The second-order valence-electron chi connectivity index (χ2n) is 0. The van der Waals surface area contributed by atoms with E-state index in [0.717, 1.165) is 0 Å². The van der Waals surface area contributed by atoms with Crippen LogP contribution in [0.25, 0.3) is 0 Å². The summed E-state index contributed by atoms with van der Waals surface area (Å²) in [6.07, 6.45) is 0. The molecule has 0 unspecified atom stereocenters. The van der Waals surface area contributed by atoms with Crippen LogP contribution in [0.1, 0.15) is 0 Å². The van der Waals surface area contributed by atoms with Gasteiger partial charge in [0.05, 0.1) is 0 Å². The SMILES string of the molecule is S.S.[Ag].[Tl]. The Morgan fingerprint density at radius 2 is 0.750 bits per heavy atom. The van der Waals surface area contributed by atoms with Gasteiger partial charge in [0.1, 0.15) is 0 Å². The first-order valence-corrected chi connectivity index (χ1v) is 0. The molecule has 0 nitrogen and oxygen atoms in total. The van der Waals surface area contributed by atoms with Gasteiger partial charge in [0.25, 0.3) is 0 Å². The maximum Gasteiger partial charge on any atom is 0 e. The zero-order valence-electron chi connectivity index (χ0n) is 1.88. The molecule has 0 aromatic rings. The Morgan fingerprint density at radius 3 is 0.750 bits per heavy atom. The topological polar surface area (TPSA) is 0 Å². The van der Waals surface area contributed by atoms with Crippen molar-refractivity contribution in [1.82, 2.24) is 0 Å². The van der Waals surface area contributed by atoms with Gasteiger partial charge in [0, 0.05) is 49.7 Å². The zero-order chi connectivity index (χ0) is 0. The first-order chi connectivity index (χ1) is 0. The van der Waals surface area contributed by atoms with Crippen molar-refractivity contribution in [3.8, 4) is 0 Å². The van der Waals surface area contributed by atoms with Gasteiger partial charge in [-0.25, -0.2) is 0 Å². The molecule has 0 N–H and O–H groups in total. The molecule has 0 aliphatic carbocycles. The van der Waals surface area contributed by atoms with Gasteiger partial charge in [0.15, 0.2) is 0 Å². The third kappa shape index (κ3) is 8.84. The van der Waals surface area contributed by atoms with Crippen LogP contribution in [0.4, 0.5) is 0 Å². The van der Waals surface area contributed by atoms with Crippen LogP contribution >= 0.6 is 27.0 Å². The monoisotopic (exact) mass is 380 g/mol. The van der Waals surface area contributed by atoms with E-state index in [2.05, 4.69) is 0 Å². The van der Waals surface area contributed by atoms with Crippen LogP contribution in [-0.2, 0) is 22.4 Å². The molecule has 0 aliphatic heterocycles. The minimum atomic E-state index is 0. The molecule has 0 bridgehead atoms. The van der Waals surface area contributed by atoms with E-state index < -0.39 is 0 Å². The number of hydrogen-bond donors (Lipinski definition) is 0. The third-order valence-electron chi connectivity index (χ3n) is 0. The predicted octanol–water partition coefficient (Wildman–Crippen LogP) is -0.158. The van der Waals surface area contributed by atoms with Crippen LogP contribution in [0.3, 0.4) is 0 Å². The van der Waals surface area contributed by atoms with Gasteiger partial charge in [-0.05, 0) is 0 Å². The Morgan fingerprint density at radius 1 is 0.750 bits per heavy atom. The predicted molar refractivity (Wildman–Crippen MR) is 26.5 cm³/mol. The van der Waals surface area contributed by atoms with Crippen molar-refractivity contribution in [1.29, 1.82) is 0 Å². The van der Waals surface area contributed by atoms with Crippen molar-refractivity contribution in [2.24, 2.45) is 0 Å². The van der Waals surface area contributed by atoms with Crippen molar-refractivity contribution in [3.63, 3.8) is 0 Å². The normalized spacial score (nSPS) is 0. The first-order valence-electron chi connectivity index (χ1n) is 0. The summed E-state index contributed by atoms with van der Waals surface area (Å²) in [5, 5.41) is 0. The van der Waals surface area contributed by atoms with Gasteiger partial charge in [-0.1, -0.05) is 0 Å². The maximum absolute atomic E-state index is 0. The third-order valence-corrected chi connectivity index (χ3v) is 0. The summed E-state index contributed by atoms with van der Waals surface area (Å²) in [6.45, 7) is 0. The molecular formula is H4AgS2Tl. The molecule has 0 spiro atoms. The van der Waals surface area contributed by atoms with Gasteiger partial charge in [0.2, 0.25) is 0 Å². The summed E-state index contributed by atoms with van der Waals surface area (Å²) in [6, 6.07) is 0. The standard InChI is InChI=1S/Ag.2H2S.Tl/h;2*1H2;. The van der Waals surface area contributed by atoms with E-state index in [-0.39, 0.29) is 76.7 Å². The van der Waals surface area contributed by atoms with E-state index in [9.17, 15) is 0 Å². The Hall–Kier alpha value is 2.36. The average molecular weight is 380 g/mol. The zero-order valence-corrected chi connectivity index (χ0v) is 9.85. The smallest absolute Gasteiger partial charge is 0 e. The van der Waals surface area contributed by atoms with Crippen LogP contribution in [0.2, 0.25) is 0 Å². The fraction of sp³-hybridized carbons (Fsp3) is 0. The Balaban J connectivity index is 0. The molecule has 0 fully saturated rings. The molecule has 0 aromatic carbocycles. The minimum Gasteiger partial charge on any atom is -0.197 e. The number of hydrogen-bond acceptors (Lipinski definition) is 0. The largest absolute Gasteiger partial charge is 0.197 e. The Labute approximate surface area is 75.7 Å². The van der Waals surface area contributed by atoms with Crippen molar-refractivity contribution in [2.45, 2.75) is 0 Å². The van der Waals surface area contributed by atoms with Gasteiger partial charge in [-0.3, -0.25) is 0 Å². The first kappa shape index (κ1) is 32.8. The van der Waals surface area contributed by atoms with Crippen molar-refractivity contribution < 1.29 is 22.4 Å². The van der Waals surface area contributed by atoms with Gasteiger partial charge in [-0.15, -0.1) is 0 Å². The molecule has 0 saturated carbocycles. The van der Waals surface area contributed by atoms with Crippen LogP contribution in [0.5, 0.6) is 0 Å². The molecule has 2 radical (unpaired) electrons. The van der Waals surface area contributed by atoms with Crippen LogP contribution < -0.4 is 0 Å². The summed E-state index contributed by atoms with van der Waals surface area (Å²) in [5.41, 5.74) is 0. The molecular weight excluding hydrogens is 376 g/mol. The van der Waals surface area contributed by atoms with E-state index in [1.54, 1.807) is 0 Å². The van der Waals surface area contributed by atoms with E-state index in [1.807, 2.05) is 0 Å². The minimum absolute atomic E-state index is 0. The molecule has 0 heterocycles. The van der Waals surface area contributed by atoms with E-state index in [0.29, 0.717) is 0 Å². The van der Waals surface area contributed by atoms with Crippen molar-refractivity contribution in [2.75, 3.05) is 0 Å². The second kappa shape index (κ2) is 18.3. The molecule has 0 saturated heterocycles. The molecule has 0 rings (SSSR count). The fourth-order valence-corrected chi connectivity index (χ4v) is 0. The summed E-state index contributed by atoms with van der Waals surface area (Å²) in [5.74, 6) is 0. The second-order valence-corrected chi connectivity index (χ2v) is 0. The number of rotatable bonds is 0. The summed E-state index contributed by atoms with van der Waals surface area (Å²) < 4.78 is 0. The summed E-state index contributed by atoms with van der Waals surface area (Å²) >= 11 is 0. The van der Waals surface area contributed by atoms with Crippen molar-refractivity contribution >= 4 is 54.3 Å². The Kier molecular flexibility index (Phi) is 150. The van der Waals surface area contributed by atoms with E-state index >= 15 is 0 Å². The summed E-state index contributed by atoms with van der Waals surface area (Å²) in [7, 11) is 0. The van der Waals surface area contributed by atoms with Gasteiger partial charge < -0.3 is 0 Å². The quantitative estimate of drug-likeness (QED) is 0.513. The molecule has 4 heteroatoms. The van der Waals surface area contributed by atoms with Crippen molar-refractivity contribution in [3.05, 3.63) is 0 Å². The average Bonchev–Trinajstić information content (AvgIpc) is 0. The molecule has 0 aromatic heterocycles. The van der Waals surface area contributed by atoms with Gasteiger partial charge >= 0.3 is 0 Å². The van der Waals surface area contributed by atoms with Crippen LogP contribution in [0, 0.1) is 0 Å². The van der Waals surface area contributed by atoms with E-state index in [4.69, 9.17) is 0 Å². The molecule has 4 heavy (non-hydrogen) atoms. The van der Waals surface area contributed by atoms with E-state index in [1.165, 1.54) is 0 Å². The molecule has 0 aliphatic rings. The fourth-order valence-electron chi connectivity index (χ4n) is 0. The molecule has 0 atom stereocenters. The Bertz CT molecular complexity index is 6.00. The summed E-state index contributed by atoms with van der Waals surface area (Å²) in [4.78, 5) is 0. The maximum atomic E-state index is 0. The van der Waals surface area contributed by atoms with Gasteiger partial charge in [-0.2, -0.15) is 27.0 Å².